The molecule has 0 aliphatic heterocycles. The fourth-order valence-corrected chi connectivity index (χ4v) is 2.62. The topological polar surface area (TPSA) is 73.5 Å². The van der Waals surface area contributed by atoms with Gasteiger partial charge in [-0.3, -0.25) is 9.69 Å². The molecule has 0 spiro atoms. The number of rotatable bonds is 8. The van der Waals surface area contributed by atoms with Gasteiger partial charge in [0, 0.05) is 23.5 Å². The van der Waals surface area contributed by atoms with Crippen molar-refractivity contribution >= 4 is 23.3 Å². The van der Waals surface area contributed by atoms with Crippen LogP contribution in [0.5, 0.6) is 0 Å². The number of nitrogens with zero attached hydrogens (tertiary/aromatic N) is 1. The van der Waals surface area contributed by atoms with E-state index in [4.69, 9.17) is 0 Å². The van der Waals surface area contributed by atoms with E-state index in [1.54, 1.807) is 18.2 Å². The van der Waals surface area contributed by atoms with Crippen molar-refractivity contribution < 1.29 is 27.2 Å². The zero-order chi connectivity index (χ0) is 22.1. The summed E-state index contributed by atoms with van der Waals surface area (Å²) in [7, 11) is 1.36. The maximum Gasteiger partial charge on any atom is 0.401 e. The molecular formula is C20H22F4N4O2. The lowest BCUT2D eigenvalue weighted by atomic mass is 10.2. The van der Waals surface area contributed by atoms with Crippen LogP contribution in [0.4, 0.5) is 33.7 Å². The second kappa shape index (κ2) is 10.6. The first-order valence-corrected chi connectivity index (χ1v) is 9.09. The van der Waals surface area contributed by atoms with E-state index in [1.165, 1.54) is 37.4 Å². The third-order valence-corrected chi connectivity index (χ3v) is 3.92. The average molecular weight is 426 g/mol. The number of anilines is 2. The summed E-state index contributed by atoms with van der Waals surface area (Å²) in [6.07, 6.45) is -3.92. The Balaban J connectivity index is 1.80. The zero-order valence-electron chi connectivity index (χ0n) is 16.2. The Morgan fingerprint density at radius 2 is 1.67 bits per heavy atom. The SMILES string of the molecule is CN(CCCNC(=O)Nc1cccc(C(=O)Nc2cccc(F)c2)c1)CC(F)(F)F. The molecule has 2 aromatic carbocycles. The van der Waals surface area contributed by atoms with Gasteiger partial charge in [-0.05, 0) is 56.4 Å². The number of halogens is 4. The van der Waals surface area contributed by atoms with Crippen molar-refractivity contribution in [1.82, 2.24) is 10.2 Å². The number of nitrogens with one attached hydrogen (secondary N) is 3. The predicted octanol–water partition coefficient (Wildman–Crippen LogP) is 4.08. The average Bonchev–Trinajstić information content (AvgIpc) is 2.64. The van der Waals surface area contributed by atoms with Crippen LogP contribution in [0.15, 0.2) is 48.5 Å². The molecule has 6 nitrogen and oxygen atoms in total. The Hall–Kier alpha value is -3.14. The van der Waals surface area contributed by atoms with Crippen LogP contribution in [0.1, 0.15) is 16.8 Å². The first-order chi connectivity index (χ1) is 14.1. The molecule has 10 heteroatoms. The Morgan fingerprint density at radius 1 is 1.00 bits per heavy atom. The van der Waals surface area contributed by atoms with Crippen molar-refractivity contribution in [2.24, 2.45) is 0 Å². The highest BCUT2D eigenvalue weighted by Gasteiger charge is 2.28. The normalized spacial score (nSPS) is 11.3. The summed E-state index contributed by atoms with van der Waals surface area (Å²) in [6.45, 7) is -0.646. The van der Waals surface area contributed by atoms with Gasteiger partial charge in [0.05, 0.1) is 6.54 Å². The van der Waals surface area contributed by atoms with E-state index in [2.05, 4.69) is 16.0 Å². The number of alkyl halides is 3. The molecular weight excluding hydrogens is 404 g/mol. The molecule has 0 aliphatic carbocycles. The molecule has 30 heavy (non-hydrogen) atoms. The van der Waals surface area contributed by atoms with Gasteiger partial charge in [-0.25, -0.2) is 9.18 Å². The van der Waals surface area contributed by atoms with Crippen LogP contribution in [0.2, 0.25) is 0 Å². The molecule has 2 rings (SSSR count). The van der Waals surface area contributed by atoms with Crippen molar-refractivity contribution in [3.63, 3.8) is 0 Å². The fraction of sp³-hybridized carbons (Fsp3) is 0.300. The number of carbonyl (C=O) groups is 2. The summed E-state index contributed by atoms with van der Waals surface area (Å²) < 4.78 is 50.0. The first kappa shape index (κ1) is 23.1. The summed E-state index contributed by atoms with van der Waals surface area (Å²) in [6, 6.07) is 11.0. The van der Waals surface area contributed by atoms with Gasteiger partial charge in [0.25, 0.3) is 5.91 Å². The second-order valence-electron chi connectivity index (χ2n) is 6.63. The summed E-state index contributed by atoms with van der Waals surface area (Å²) in [5.74, 6) is -0.957. The van der Waals surface area contributed by atoms with Gasteiger partial charge < -0.3 is 16.0 Å². The first-order valence-electron chi connectivity index (χ1n) is 9.09. The van der Waals surface area contributed by atoms with Crippen molar-refractivity contribution in [2.45, 2.75) is 12.6 Å². The largest absolute Gasteiger partial charge is 0.401 e. The van der Waals surface area contributed by atoms with Crippen LogP contribution >= 0.6 is 0 Å². The minimum atomic E-state index is -4.26. The summed E-state index contributed by atoms with van der Waals surface area (Å²) in [5.41, 5.74) is 0.908. The van der Waals surface area contributed by atoms with Gasteiger partial charge in [0.2, 0.25) is 0 Å². The third-order valence-electron chi connectivity index (χ3n) is 3.92. The quantitative estimate of drug-likeness (QED) is 0.440. The molecule has 0 aliphatic rings. The maximum atomic E-state index is 13.2. The lowest BCUT2D eigenvalue weighted by Gasteiger charge is -2.18. The molecule has 2 aromatic rings. The van der Waals surface area contributed by atoms with E-state index in [-0.39, 0.29) is 18.7 Å². The molecule has 0 atom stereocenters. The van der Waals surface area contributed by atoms with Gasteiger partial charge in [0.1, 0.15) is 5.82 Å². The molecule has 0 radical (unpaired) electrons. The van der Waals surface area contributed by atoms with E-state index in [1.807, 2.05) is 0 Å². The van der Waals surface area contributed by atoms with E-state index in [0.29, 0.717) is 17.8 Å². The van der Waals surface area contributed by atoms with Crippen LogP contribution in [0.3, 0.4) is 0 Å². The highest BCUT2D eigenvalue weighted by molar-refractivity contribution is 6.05. The Morgan fingerprint density at radius 3 is 2.33 bits per heavy atom. The van der Waals surface area contributed by atoms with Crippen LogP contribution in [-0.2, 0) is 0 Å². The van der Waals surface area contributed by atoms with E-state index < -0.39 is 30.5 Å². The van der Waals surface area contributed by atoms with E-state index in [9.17, 15) is 27.2 Å². The third kappa shape index (κ3) is 8.48. The molecule has 0 aromatic heterocycles. The summed E-state index contributed by atoms with van der Waals surface area (Å²) in [4.78, 5) is 25.4. The molecule has 3 N–H and O–H groups in total. The summed E-state index contributed by atoms with van der Waals surface area (Å²) >= 11 is 0. The second-order valence-corrected chi connectivity index (χ2v) is 6.63. The minimum absolute atomic E-state index is 0.176. The van der Waals surface area contributed by atoms with Crippen molar-refractivity contribution in [3.05, 3.63) is 59.9 Å². The van der Waals surface area contributed by atoms with Gasteiger partial charge in [-0.1, -0.05) is 12.1 Å². The van der Waals surface area contributed by atoms with Crippen molar-refractivity contribution in [1.29, 1.82) is 0 Å². The Kier molecular flexibility index (Phi) is 8.16. The molecule has 0 saturated heterocycles. The molecule has 0 heterocycles. The Bertz CT molecular complexity index is 874. The number of benzene rings is 2. The predicted molar refractivity (Wildman–Crippen MR) is 106 cm³/mol. The number of hydrogen-bond acceptors (Lipinski definition) is 3. The lowest BCUT2D eigenvalue weighted by molar-refractivity contribution is -0.143. The number of carbonyl (C=O) groups excluding carboxylic acids is 2. The maximum absolute atomic E-state index is 13.2. The highest BCUT2D eigenvalue weighted by atomic mass is 19.4. The Labute approximate surface area is 171 Å². The van der Waals surface area contributed by atoms with Gasteiger partial charge >= 0.3 is 12.2 Å². The molecule has 0 unspecified atom stereocenters. The number of amides is 3. The van der Waals surface area contributed by atoms with E-state index in [0.717, 1.165) is 4.90 Å². The van der Waals surface area contributed by atoms with Crippen LogP contribution in [-0.4, -0.2) is 49.7 Å². The number of urea groups is 1. The van der Waals surface area contributed by atoms with Gasteiger partial charge in [0.15, 0.2) is 0 Å². The molecule has 3 amide bonds. The fourth-order valence-electron chi connectivity index (χ4n) is 2.62. The molecule has 0 fully saturated rings. The van der Waals surface area contributed by atoms with Crippen LogP contribution in [0.25, 0.3) is 0 Å². The van der Waals surface area contributed by atoms with Crippen molar-refractivity contribution in [3.8, 4) is 0 Å². The van der Waals surface area contributed by atoms with Crippen LogP contribution in [0, 0.1) is 5.82 Å². The molecule has 0 bridgehead atoms. The van der Waals surface area contributed by atoms with Gasteiger partial charge in [-0.2, -0.15) is 13.2 Å². The number of hydrogen-bond donors (Lipinski definition) is 3. The standard InChI is InChI=1S/C20H22F4N4O2/c1-28(13-20(22,23)24)10-4-9-25-19(30)27-16-7-2-5-14(11-16)18(29)26-17-8-3-6-15(21)12-17/h2-3,5-8,11-12H,4,9-10,13H2,1H3,(H,26,29)(H2,25,27,30). The van der Waals surface area contributed by atoms with Crippen molar-refractivity contribution in [2.75, 3.05) is 37.3 Å². The van der Waals surface area contributed by atoms with Gasteiger partial charge in [-0.15, -0.1) is 0 Å². The monoisotopic (exact) mass is 426 g/mol. The highest BCUT2D eigenvalue weighted by Crippen LogP contribution is 2.16. The lowest BCUT2D eigenvalue weighted by Crippen LogP contribution is -2.34. The molecule has 162 valence electrons. The smallest absolute Gasteiger partial charge is 0.338 e. The zero-order valence-corrected chi connectivity index (χ0v) is 16.2. The minimum Gasteiger partial charge on any atom is -0.338 e. The molecule has 0 saturated carbocycles. The van der Waals surface area contributed by atoms with E-state index >= 15 is 0 Å². The van der Waals surface area contributed by atoms with Crippen LogP contribution < -0.4 is 16.0 Å². The summed E-state index contributed by atoms with van der Waals surface area (Å²) in [5, 5.41) is 7.65.